The third kappa shape index (κ3) is 1.78. The topological polar surface area (TPSA) is 49.7 Å². The quantitative estimate of drug-likeness (QED) is 0.596. The highest BCUT2D eigenvalue weighted by molar-refractivity contribution is 6.59. The predicted octanol–water partition coefficient (Wildman–Crippen LogP) is -0.317. The van der Waals surface area contributed by atoms with Gasteiger partial charge in [-0.2, -0.15) is 0 Å². The third-order valence-corrected chi connectivity index (χ3v) is 1.48. The number of hydrogen-bond acceptors (Lipinski definition) is 3. The van der Waals surface area contributed by atoms with Crippen LogP contribution >= 0.6 is 0 Å². The summed E-state index contributed by atoms with van der Waals surface area (Å²) in [7, 11) is -0.545. The lowest BCUT2D eigenvalue weighted by molar-refractivity contribution is 0.413. The first kappa shape index (κ1) is 5.62. The molecule has 0 aromatic heterocycles. The molecule has 0 heterocycles. The van der Waals surface area contributed by atoms with Gasteiger partial charge in [-0.15, -0.1) is 0 Å². The minimum Gasteiger partial charge on any atom is -0.497 e. The highest BCUT2D eigenvalue weighted by Gasteiger charge is 2.13. The number of hydrogen-bond donors (Lipinski definition) is 2. The fraction of sp³-hybridized carbons (Fsp3) is 0.250. The Bertz CT molecular complexity index is 366. The van der Waals surface area contributed by atoms with Gasteiger partial charge in [0.2, 0.25) is 0 Å². The molecule has 12 heavy (non-hydrogen) atoms. The first-order chi connectivity index (χ1) is 6.91. The molecular formula is C8H11BO3. The van der Waals surface area contributed by atoms with Crippen LogP contribution in [0.4, 0.5) is 0 Å². The summed E-state index contributed by atoms with van der Waals surface area (Å²) < 4.78 is 27.5. The van der Waals surface area contributed by atoms with Gasteiger partial charge in [0.1, 0.15) is 5.75 Å². The van der Waals surface area contributed by atoms with Gasteiger partial charge in [0, 0.05) is 0 Å². The van der Waals surface area contributed by atoms with Crippen molar-refractivity contribution in [3.05, 3.63) is 23.7 Å². The van der Waals surface area contributed by atoms with Crippen LogP contribution in [0.2, 0.25) is 0 Å². The maximum atomic E-state index is 9.03. The zero-order valence-electron chi connectivity index (χ0n) is 9.88. The van der Waals surface area contributed by atoms with E-state index in [1.165, 1.54) is 14.0 Å². The van der Waals surface area contributed by atoms with Crippen LogP contribution in [-0.2, 0) is 0 Å². The van der Waals surface area contributed by atoms with Gasteiger partial charge in [0.15, 0.2) is 0 Å². The van der Waals surface area contributed by atoms with E-state index in [4.69, 9.17) is 18.9 Å². The van der Waals surface area contributed by atoms with E-state index in [1.807, 2.05) is 0 Å². The van der Waals surface area contributed by atoms with E-state index in [0.29, 0.717) is 0 Å². The van der Waals surface area contributed by atoms with Crippen molar-refractivity contribution in [3.63, 3.8) is 0 Å². The summed E-state index contributed by atoms with van der Waals surface area (Å²) in [6.45, 7) is 1.48. The molecule has 0 atom stereocenters. The van der Waals surface area contributed by atoms with Crippen LogP contribution in [0.15, 0.2) is 18.1 Å². The van der Waals surface area contributed by atoms with Crippen molar-refractivity contribution in [1.29, 1.82) is 0 Å². The summed E-state index contributed by atoms with van der Waals surface area (Å²) in [4.78, 5) is 0. The largest absolute Gasteiger partial charge is 0.497 e. The number of rotatable bonds is 2. The fourth-order valence-electron chi connectivity index (χ4n) is 0.847. The van der Waals surface area contributed by atoms with Crippen LogP contribution in [0.25, 0.3) is 0 Å². The number of methoxy groups -OCH3 is 1. The average molecular weight is 169 g/mol. The average Bonchev–Trinajstić information content (AvgIpc) is 2.16. The maximum absolute atomic E-state index is 9.03. The van der Waals surface area contributed by atoms with Crippen LogP contribution in [0.5, 0.6) is 5.75 Å². The third-order valence-electron chi connectivity index (χ3n) is 1.48. The van der Waals surface area contributed by atoms with Crippen molar-refractivity contribution in [1.82, 2.24) is 0 Å². The van der Waals surface area contributed by atoms with Gasteiger partial charge < -0.3 is 14.8 Å². The number of ether oxygens (including phenoxy) is 1. The molecule has 0 aliphatic carbocycles. The Morgan fingerprint density at radius 3 is 2.67 bits per heavy atom. The van der Waals surface area contributed by atoms with E-state index in [9.17, 15) is 0 Å². The van der Waals surface area contributed by atoms with Gasteiger partial charge in [0.05, 0.1) is 11.2 Å². The Kier molecular flexibility index (Phi) is 1.69. The minimum absolute atomic E-state index is 0.0260. The second-order valence-electron chi connectivity index (χ2n) is 2.32. The first-order valence-corrected chi connectivity index (χ1v) is 3.42. The molecule has 0 fully saturated rings. The lowest BCUT2D eigenvalue weighted by Crippen LogP contribution is -2.31. The van der Waals surface area contributed by atoms with E-state index >= 15 is 0 Å². The molecule has 0 radical (unpaired) electrons. The van der Waals surface area contributed by atoms with E-state index in [0.717, 1.165) is 0 Å². The molecule has 0 amide bonds. The molecule has 2 N–H and O–H groups in total. The van der Waals surface area contributed by atoms with E-state index in [-0.39, 0.29) is 34.9 Å². The van der Waals surface area contributed by atoms with Crippen LogP contribution in [0.3, 0.4) is 0 Å². The first-order valence-electron chi connectivity index (χ1n) is 4.92. The molecule has 0 aliphatic rings. The SMILES string of the molecule is [2H]c1c([2H])c(B(O)O)c(C)c([2H])c1OC. The second-order valence-corrected chi connectivity index (χ2v) is 2.32. The van der Waals surface area contributed by atoms with Crippen molar-refractivity contribution in [2.75, 3.05) is 7.11 Å². The van der Waals surface area contributed by atoms with Crippen molar-refractivity contribution >= 4 is 12.6 Å². The summed E-state index contributed by atoms with van der Waals surface area (Å²) in [5.41, 5.74) is 0.119. The zero-order chi connectivity index (χ0) is 11.7. The van der Waals surface area contributed by atoms with E-state index < -0.39 is 7.12 Å². The van der Waals surface area contributed by atoms with Crippen LogP contribution in [-0.4, -0.2) is 24.3 Å². The molecule has 1 aromatic rings. The minimum atomic E-state index is -1.85. The summed E-state index contributed by atoms with van der Waals surface area (Å²) in [6.07, 6.45) is 0. The Morgan fingerprint density at radius 1 is 1.50 bits per heavy atom. The van der Waals surface area contributed by atoms with Gasteiger partial charge in [-0.3, -0.25) is 0 Å². The standard InChI is InChI=1S/C8H11BO3/c1-6-5-7(12-2)3-4-8(6)9(10)11/h3-5,10-11H,1-2H3/i3D,4D,5D. The molecule has 0 saturated carbocycles. The van der Waals surface area contributed by atoms with E-state index in [2.05, 4.69) is 0 Å². The highest BCUT2D eigenvalue weighted by Crippen LogP contribution is 2.09. The summed E-state index contributed by atoms with van der Waals surface area (Å²) in [6, 6.07) is -0.729. The molecule has 1 aromatic carbocycles. The van der Waals surface area contributed by atoms with E-state index in [1.54, 1.807) is 0 Å². The Hall–Kier alpha value is -0.995. The van der Waals surface area contributed by atoms with Crippen molar-refractivity contribution in [3.8, 4) is 5.75 Å². The molecule has 0 saturated heterocycles. The van der Waals surface area contributed by atoms with Crippen LogP contribution in [0.1, 0.15) is 9.68 Å². The van der Waals surface area contributed by atoms with Gasteiger partial charge in [-0.25, -0.2) is 0 Å². The summed E-state index contributed by atoms with van der Waals surface area (Å²) in [5, 5.41) is 18.1. The summed E-state index contributed by atoms with van der Waals surface area (Å²) in [5.74, 6) is -0.0260. The monoisotopic (exact) mass is 169 g/mol. The smallest absolute Gasteiger partial charge is 0.488 e. The molecule has 0 bridgehead atoms. The summed E-state index contributed by atoms with van der Waals surface area (Å²) >= 11 is 0. The highest BCUT2D eigenvalue weighted by atomic mass is 16.5. The lowest BCUT2D eigenvalue weighted by atomic mass is 9.77. The van der Waals surface area contributed by atoms with Gasteiger partial charge >= 0.3 is 7.12 Å². The molecule has 0 aliphatic heterocycles. The zero-order valence-corrected chi connectivity index (χ0v) is 6.88. The lowest BCUT2D eigenvalue weighted by Gasteiger charge is -2.06. The fourth-order valence-corrected chi connectivity index (χ4v) is 0.847. The molecule has 3 nitrogen and oxygen atoms in total. The molecule has 64 valence electrons. The normalized spacial score (nSPS) is 13.2. The van der Waals surface area contributed by atoms with Gasteiger partial charge in [0.25, 0.3) is 0 Å². The molecule has 0 spiro atoms. The molecule has 0 unspecified atom stereocenters. The molecule has 1 rings (SSSR count). The Balaban J connectivity index is 3.59. The van der Waals surface area contributed by atoms with Crippen molar-refractivity contribution < 1.29 is 18.9 Å². The van der Waals surface area contributed by atoms with Gasteiger partial charge in [-0.05, 0) is 30.0 Å². The number of benzene rings is 1. The molecule has 4 heteroatoms. The Morgan fingerprint density at radius 2 is 2.17 bits per heavy atom. The Labute approximate surface area is 76.0 Å². The van der Waals surface area contributed by atoms with Crippen LogP contribution in [0, 0.1) is 6.92 Å². The van der Waals surface area contributed by atoms with Crippen molar-refractivity contribution in [2.45, 2.75) is 6.92 Å². The molecular weight excluding hydrogens is 155 g/mol. The van der Waals surface area contributed by atoms with Crippen molar-refractivity contribution in [2.24, 2.45) is 0 Å². The maximum Gasteiger partial charge on any atom is 0.488 e. The van der Waals surface area contributed by atoms with Crippen LogP contribution < -0.4 is 10.2 Å². The second kappa shape index (κ2) is 3.60. The predicted molar refractivity (Wildman–Crippen MR) is 47.6 cm³/mol. The van der Waals surface area contributed by atoms with Gasteiger partial charge in [-0.1, -0.05) is 6.04 Å².